The van der Waals surface area contributed by atoms with Crippen molar-refractivity contribution in [3.63, 3.8) is 0 Å². The van der Waals surface area contributed by atoms with Crippen LogP contribution in [0.15, 0.2) is 47.4 Å². The molecule has 3 rings (SSSR count). The van der Waals surface area contributed by atoms with Gasteiger partial charge < -0.3 is 14.2 Å². The summed E-state index contributed by atoms with van der Waals surface area (Å²) in [5.74, 6) is 2.94. The third-order valence-electron chi connectivity index (χ3n) is 5.38. The van der Waals surface area contributed by atoms with E-state index >= 15 is 0 Å². The SMILES string of the molecule is C#CCN1CCC(C(=O)N(O)S(=O)(=O)c2ccc(Oc3ccc(OC)c(OC)c3)cc2)CC1. The molecule has 1 amide bonds. The number of carbonyl (C=O) groups excluding carboxylic acids is 1. The maximum Gasteiger partial charge on any atom is 0.289 e. The number of amides is 1. The summed E-state index contributed by atoms with van der Waals surface area (Å²) in [6, 6.07) is 10.4. The lowest BCUT2D eigenvalue weighted by molar-refractivity contribution is -0.152. The molecular weight excluding hydrogens is 448 g/mol. The zero-order valence-electron chi connectivity index (χ0n) is 18.4. The van der Waals surface area contributed by atoms with Crippen LogP contribution < -0.4 is 14.2 Å². The molecule has 0 bridgehead atoms. The van der Waals surface area contributed by atoms with Crippen molar-refractivity contribution in [2.75, 3.05) is 33.9 Å². The minimum atomic E-state index is -4.42. The van der Waals surface area contributed by atoms with E-state index in [0.29, 0.717) is 55.5 Å². The van der Waals surface area contributed by atoms with E-state index in [-0.39, 0.29) is 9.36 Å². The molecule has 1 heterocycles. The van der Waals surface area contributed by atoms with E-state index in [0.717, 1.165) is 0 Å². The van der Waals surface area contributed by atoms with Crippen LogP contribution in [0.25, 0.3) is 0 Å². The Morgan fingerprint density at radius 1 is 1.09 bits per heavy atom. The maximum atomic E-state index is 12.8. The van der Waals surface area contributed by atoms with Gasteiger partial charge in [-0.2, -0.15) is 8.42 Å². The molecule has 0 aliphatic carbocycles. The average molecular weight is 475 g/mol. The van der Waals surface area contributed by atoms with E-state index in [2.05, 4.69) is 5.92 Å². The third kappa shape index (κ3) is 5.57. The minimum absolute atomic E-state index is 0.154. The second kappa shape index (κ2) is 10.6. The highest BCUT2D eigenvalue weighted by Crippen LogP contribution is 2.33. The number of benzene rings is 2. The zero-order valence-corrected chi connectivity index (χ0v) is 19.2. The molecule has 0 atom stereocenters. The molecule has 1 N–H and O–H groups in total. The molecule has 0 saturated carbocycles. The summed E-state index contributed by atoms with van der Waals surface area (Å²) in [5, 5.41) is 10.2. The molecule has 2 aromatic carbocycles. The van der Waals surface area contributed by atoms with E-state index in [1.54, 1.807) is 18.2 Å². The van der Waals surface area contributed by atoms with Gasteiger partial charge in [0.05, 0.1) is 25.7 Å². The summed E-state index contributed by atoms with van der Waals surface area (Å²) in [6.07, 6.45) is 6.14. The molecule has 10 heteroatoms. The van der Waals surface area contributed by atoms with Gasteiger partial charge in [0.1, 0.15) is 11.5 Å². The molecule has 1 aliphatic rings. The van der Waals surface area contributed by atoms with Crippen molar-refractivity contribution in [3.05, 3.63) is 42.5 Å². The van der Waals surface area contributed by atoms with Crippen molar-refractivity contribution in [1.29, 1.82) is 0 Å². The van der Waals surface area contributed by atoms with Gasteiger partial charge in [-0.25, -0.2) is 0 Å². The first kappa shape index (κ1) is 24.4. The van der Waals surface area contributed by atoms with Crippen molar-refractivity contribution in [1.82, 2.24) is 9.37 Å². The fourth-order valence-electron chi connectivity index (χ4n) is 3.54. The summed E-state index contributed by atoms with van der Waals surface area (Å²) in [6.45, 7) is 1.60. The first-order valence-corrected chi connectivity index (χ1v) is 11.7. The molecule has 0 unspecified atom stereocenters. The molecule has 33 heavy (non-hydrogen) atoms. The highest BCUT2D eigenvalue weighted by Gasteiger charge is 2.35. The number of likely N-dealkylation sites (tertiary alicyclic amines) is 1. The molecule has 1 fully saturated rings. The van der Waals surface area contributed by atoms with Crippen molar-refractivity contribution >= 4 is 15.9 Å². The summed E-state index contributed by atoms with van der Waals surface area (Å²) >= 11 is 0. The van der Waals surface area contributed by atoms with E-state index < -0.39 is 21.8 Å². The van der Waals surface area contributed by atoms with Gasteiger partial charge in [0.25, 0.3) is 15.9 Å². The van der Waals surface area contributed by atoms with Crippen LogP contribution in [-0.4, -0.2) is 62.8 Å². The molecule has 9 nitrogen and oxygen atoms in total. The van der Waals surface area contributed by atoms with Crippen LogP contribution in [0.4, 0.5) is 0 Å². The van der Waals surface area contributed by atoms with Crippen molar-refractivity contribution in [2.24, 2.45) is 5.92 Å². The van der Waals surface area contributed by atoms with Gasteiger partial charge in [-0.05, 0) is 62.3 Å². The Balaban J connectivity index is 1.68. The topological polar surface area (TPSA) is 106 Å². The second-order valence-electron chi connectivity index (χ2n) is 7.43. The summed E-state index contributed by atoms with van der Waals surface area (Å²) in [4.78, 5) is 14.4. The molecule has 1 saturated heterocycles. The molecule has 2 aromatic rings. The van der Waals surface area contributed by atoms with Crippen LogP contribution in [0.2, 0.25) is 0 Å². The fraction of sp³-hybridized carbons (Fsp3) is 0.348. The normalized spacial score (nSPS) is 14.8. The lowest BCUT2D eigenvalue weighted by Gasteiger charge is -2.31. The van der Waals surface area contributed by atoms with Crippen LogP contribution in [0.1, 0.15) is 12.8 Å². The first-order chi connectivity index (χ1) is 15.8. The number of terminal acetylenes is 1. The minimum Gasteiger partial charge on any atom is -0.493 e. The Hall–Kier alpha value is -3.26. The predicted molar refractivity (Wildman–Crippen MR) is 120 cm³/mol. The summed E-state index contributed by atoms with van der Waals surface area (Å²) < 4.78 is 41.5. The molecular formula is C23H26N2O7S. The lowest BCUT2D eigenvalue weighted by atomic mass is 9.96. The number of nitrogens with zero attached hydrogens (tertiary/aromatic N) is 2. The second-order valence-corrected chi connectivity index (χ2v) is 9.20. The summed E-state index contributed by atoms with van der Waals surface area (Å²) in [7, 11) is -1.39. The Kier molecular flexibility index (Phi) is 7.81. The Labute approximate surface area is 193 Å². The lowest BCUT2D eigenvalue weighted by Crippen LogP contribution is -2.43. The zero-order chi connectivity index (χ0) is 24.0. The van der Waals surface area contributed by atoms with Crippen LogP contribution in [0.5, 0.6) is 23.0 Å². The van der Waals surface area contributed by atoms with Gasteiger partial charge in [-0.1, -0.05) is 5.92 Å². The van der Waals surface area contributed by atoms with Crippen molar-refractivity contribution in [2.45, 2.75) is 17.7 Å². The number of hydroxylamine groups is 1. The van der Waals surface area contributed by atoms with Gasteiger partial charge in [-0.3, -0.25) is 14.9 Å². The average Bonchev–Trinajstić information content (AvgIpc) is 2.84. The number of sulfonamides is 1. The molecule has 0 aromatic heterocycles. The number of hydrogen-bond acceptors (Lipinski definition) is 8. The number of rotatable bonds is 8. The molecule has 0 radical (unpaired) electrons. The maximum absolute atomic E-state index is 12.8. The van der Waals surface area contributed by atoms with Gasteiger partial charge in [0.15, 0.2) is 11.5 Å². The standard InChI is InChI=1S/C23H26N2O7S/c1-4-13-24-14-11-17(12-15-24)23(26)25(27)33(28,29)20-8-5-18(6-9-20)32-19-7-10-21(30-2)22(16-19)31-3/h1,5-10,16-17,27H,11-15H2,2-3H3. The smallest absolute Gasteiger partial charge is 0.289 e. The highest BCUT2D eigenvalue weighted by molar-refractivity contribution is 7.89. The third-order valence-corrected chi connectivity index (χ3v) is 6.88. The Morgan fingerprint density at radius 3 is 2.27 bits per heavy atom. The number of methoxy groups -OCH3 is 2. The van der Waals surface area contributed by atoms with Crippen LogP contribution in [0.3, 0.4) is 0 Å². The van der Waals surface area contributed by atoms with E-state index in [1.807, 2.05) is 4.90 Å². The summed E-state index contributed by atoms with van der Waals surface area (Å²) in [5.41, 5.74) is 0. The predicted octanol–water partition coefficient (Wildman–Crippen LogP) is 2.75. The van der Waals surface area contributed by atoms with E-state index in [4.69, 9.17) is 20.6 Å². The van der Waals surface area contributed by atoms with Gasteiger partial charge >= 0.3 is 0 Å². The fourth-order valence-corrected chi connectivity index (χ4v) is 4.60. The van der Waals surface area contributed by atoms with Gasteiger partial charge in [0.2, 0.25) is 0 Å². The first-order valence-electron chi connectivity index (χ1n) is 10.2. The van der Waals surface area contributed by atoms with E-state index in [9.17, 15) is 18.4 Å². The van der Waals surface area contributed by atoms with Crippen LogP contribution >= 0.6 is 0 Å². The Morgan fingerprint density at radius 2 is 1.70 bits per heavy atom. The quantitative estimate of drug-likeness (QED) is 0.354. The Bertz CT molecular complexity index is 1120. The van der Waals surface area contributed by atoms with Crippen molar-refractivity contribution in [3.8, 4) is 35.3 Å². The monoisotopic (exact) mass is 474 g/mol. The highest BCUT2D eigenvalue weighted by atomic mass is 32.2. The largest absolute Gasteiger partial charge is 0.493 e. The van der Waals surface area contributed by atoms with Crippen LogP contribution in [0, 0.1) is 18.3 Å². The van der Waals surface area contributed by atoms with Gasteiger partial charge in [0, 0.05) is 12.0 Å². The van der Waals surface area contributed by atoms with Gasteiger partial charge in [-0.15, -0.1) is 10.9 Å². The molecule has 1 aliphatic heterocycles. The molecule has 0 spiro atoms. The van der Waals surface area contributed by atoms with E-state index in [1.165, 1.54) is 38.5 Å². The number of carbonyl (C=O) groups is 1. The molecule has 176 valence electrons. The number of ether oxygens (including phenoxy) is 3. The van der Waals surface area contributed by atoms with Crippen LogP contribution in [-0.2, 0) is 14.8 Å². The number of piperidine rings is 1. The number of hydrogen-bond donors (Lipinski definition) is 1. The van der Waals surface area contributed by atoms with Crippen molar-refractivity contribution < 1.29 is 32.6 Å².